The Kier molecular flexibility index (Phi) is 5.97. The molecule has 0 bridgehead atoms. The summed E-state index contributed by atoms with van der Waals surface area (Å²) in [5.74, 6) is 0. The van der Waals surface area contributed by atoms with Gasteiger partial charge in [0.1, 0.15) is 23.7 Å². The predicted octanol–water partition coefficient (Wildman–Crippen LogP) is 4.31. The van der Waals surface area contributed by atoms with Gasteiger partial charge in [0.05, 0.1) is 12.7 Å². The molecule has 0 fully saturated rings. The molecule has 0 amide bonds. The van der Waals surface area contributed by atoms with E-state index in [0.29, 0.717) is 21.3 Å². The van der Waals surface area contributed by atoms with Crippen molar-refractivity contribution in [1.82, 2.24) is 39.0 Å². The molecule has 0 radical (unpaired) electrons. The van der Waals surface area contributed by atoms with Crippen molar-refractivity contribution in [2.75, 3.05) is 0 Å². The molecule has 0 saturated heterocycles. The lowest BCUT2D eigenvalue weighted by atomic mass is 10.1. The standard InChI is InChI=1S/C18H20Cl2N8/c19-15-13-17(23-9-21-15)27(11-25-13)7-5-3-1-2-4-6-8-28-12-26-14-16(20)22-10-24-18(14)28/h9-12H,1-8H2. The predicted molar refractivity (Wildman–Crippen MR) is 108 cm³/mol. The molecule has 0 aliphatic rings. The summed E-state index contributed by atoms with van der Waals surface area (Å²) in [5, 5.41) is 0.811. The average molecular weight is 419 g/mol. The molecule has 0 spiro atoms. The van der Waals surface area contributed by atoms with E-state index in [-0.39, 0.29) is 0 Å². The second-order valence-corrected chi connectivity index (χ2v) is 7.39. The maximum atomic E-state index is 6.03. The summed E-state index contributed by atoms with van der Waals surface area (Å²) < 4.78 is 4.08. The van der Waals surface area contributed by atoms with Gasteiger partial charge in [-0.15, -0.1) is 0 Å². The van der Waals surface area contributed by atoms with Crippen LogP contribution < -0.4 is 0 Å². The topological polar surface area (TPSA) is 87.2 Å². The summed E-state index contributed by atoms with van der Waals surface area (Å²) in [4.78, 5) is 25.0. The molecule has 4 heterocycles. The van der Waals surface area contributed by atoms with E-state index in [1.165, 1.54) is 38.3 Å². The van der Waals surface area contributed by atoms with Crippen molar-refractivity contribution in [1.29, 1.82) is 0 Å². The van der Waals surface area contributed by atoms with Crippen LogP contribution in [0.1, 0.15) is 38.5 Å². The Morgan fingerprint density at radius 2 is 1.00 bits per heavy atom. The molecular formula is C18H20Cl2N8. The van der Waals surface area contributed by atoms with Gasteiger partial charge < -0.3 is 9.13 Å². The van der Waals surface area contributed by atoms with Crippen molar-refractivity contribution in [3.8, 4) is 0 Å². The number of hydrogen-bond acceptors (Lipinski definition) is 6. The summed E-state index contributed by atoms with van der Waals surface area (Å²) in [6.07, 6.45) is 13.5. The Balaban J connectivity index is 1.15. The molecule has 146 valence electrons. The molecule has 8 nitrogen and oxygen atoms in total. The van der Waals surface area contributed by atoms with E-state index >= 15 is 0 Å². The maximum Gasteiger partial charge on any atom is 0.164 e. The third-order valence-electron chi connectivity index (χ3n) is 4.76. The number of rotatable bonds is 9. The van der Waals surface area contributed by atoms with E-state index in [1.54, 1.807) is 12.7 Å². The molecule has 0 N–H and O–H groups in total. The Morgan fingerprint density at radius 3 is 1.46 bits per heavy atom. The zero-order valence-corrected chi connectivity index (χ0v) is 16.8. The molecule has 28 heavy (non-hydrogen) atoms. The van der Waals surface area contributed by atoms with E-state index < -0.39 is 0 Å². The first-order valence-electron chi connectivity index (χ1n) is 9.36. The average Bonchev–Trinajstić information content (AvgIpc) is 3.30. The molecule has 0 aliphatic heterocycles. The molecular weight excluding hydrogens is 399 g/mol. The zero-order valence-electron chi connectivity index (χ0n) is 15.3. The van der Waals surface area contributed by atoms with Crippen LogP contribution in [0.5, 0.6) is 0 Å². The number of imidazole rings is 2. The highest BCUT2D eigenvalue weighted by atomic mass is 35.5. The van der Waals surface area contributed by atoms with Crippen molar-refractivity contribution >= 4 is 45.5 Å². The Hall–Kier alpha value is -2.32. The third-order valence-corrected chi connectivity index (χ3v) is 5.31. The summed E-state index contributed by atoms with van der Waals surface area (Å²) in [6.45, 7) is 1.79. The largest absolute Gasteiger partial charge is 0.315 e. The fourth-order valence-corrected chi connectivity index (χ4v) is 3.66. The fourth-order valence-electron chi connectivity index (χ4n) is 3.30. The van der Waals surface area contributed by atoms with E-state index in [1.807, 2.05) is 9.13 Å². The molecule has 4 aromatic heterocycles. The Morgan fingerprint density at radius 1 is 0.571 bits per heavy atom. The quantitative estimate of drug-likeness (QED) is 0.297. The van der Waals surface area contributed by atoms with Gasteiger partial charge in [-0.1, -0.05) is 48.9 Å². The molecule has 0 saturated carbocycles. The van der Waals surface area contributed by atoms with Crippen molar-refractivity contribution < 1.29 is 0 Å². The summed E-state index contributed by atoms with van der Waals surface area (Å²) in [7, 11) is 0. The van der Waals surface area contributed by atoms with Gasteiger partial charge >= 0.3 is 0 Å². The summed E-state index contributed by atoms with van der Waals surface area (Å²) in [5.41, 5.74) is 2.94. The van der Waals surface area contributed by atoms with Gasteiger partial charge in [-0.25, -0.2) is 29.9 Å². The number of aryl methyl sites for hydroxylation is 2. The van der Waals surface area contributed by atoms with Crippen LogP contribution >= 0.6 is 23.2 Å². The fraction of sp³-hybridized carbons (Fsp3) is 0.444. The van der Waals surface area contributed by atoms with Crippen LogP contribution in [0.4, 0.5) is 0 Å². The molecule has 0 aromatic carbocycles. The highest BCUT2D eigenvalue weighted by Gasteiger charge is 2.09. The van der Waals surface area contributed by atoms with Gasteiger partial charge in [-0.3, -0.25) is 0 Å². The highest BCUT2D eigenvalue weighted by Crippen LogP contribution is 2.19. The lowest BCUT2D eigenvalue weighted by molar-refractivity contribution is 0.536. The lowest BCUT2D eigenvalue weighted by Gasteiger charge is -2.05. The summed E-state index contributed by atoms with van der Waals surface area (Å²) >= 11 is 12.1. The molecule has 0 aliphatic carbocycles. The van der Waals surface area contributed by atoms with Gasteiger partial charge in [0.2, 0.25) is 0 Å². The van der Waals surface area contributed by atoms with Gasteiger partial charge in [0.25, 0.3) is 0 Å². The van der Waals surface area contributed by atoms with Crippen molar-refractivity contribution in [2.24, 2.45) is 0 Å². The van der Waals surface area contributed by atoms with Gasteiger partial charge in [-0.05, 0) is 12.8 Å². The normalized spacial score (nSPS) is 11.6. The third kappa shape index (κ3) is 4.07. The monoisotopic (exact) mass is 418 g/mol. The molecule has 4 aromatic rings. The zero-order chi connectivity index (χ0) is 19.3. The van der Waals surface area contributed by atoms with E-state index in [0.717, 1.165) is 37.2 Å². The smallest absolute Gasteiger partial charge is 0.164 e. The van der Waals surface area contributed by atoms with Crippen LogP contribution in [-0.4, -0.2) is 39.0 Å². The van der Waals surface area contributed by atoms with Gasteiger partial charge in [-0.2, -0.15) is 0 Å². The van der Waals surface area contributed by atoms with E-state index in [9.17, 15) is 0 Å². The number of unbranched alkanes of at least 4 members (excludes halogenated alkanes) is 5. The lowest BCUT2D eigenvalue weighted by Crippen LogP contribution is -1.99. The molecule has 0 atom stereocenters. The van der Waals surface area contributed by atoms with Crippen LogP contribution in [0.25, 0.3) is 22.3 Å². The first-order chi connectivity index (χ1) is 13.7. The second-order valence-electron chi connectivity index (χ2n) is 6.67. The molecule has 10 heteroatoms. The van der Waals surface area contributed by atoms with Crippen LogP contribution in [0.3, 0.4) is 0 Å². The number of aromatic nitrogens is 8. The number of fused-ring (bicyclic) bond motifs is 2. The molecule has 4 rings (SSSR count). The first-order valence-corrected chi connectivity index (χ1v) is 10.1. The maximum absolute atomic E-state index is 6.03. The van der Waals surface area contributed by atoms with Crippen LogP contribution in [-0.2, 0) is 13.1 Å². The SMILES string of the molecule is Clc1ncnc2c1ncn2CCCCCCCCn1cnc2c(Cl)ncnc21. The van der Waals surface area contributed by atoms with Crippen molar-refractivity contribution in [3.05, 3.63) is 35.6 Å². The number of halogens is 2. The minimum absolute atomic E-state index is 0.406. The van der Waals surface area contributed by atoms with Crippen LogP contribution in [0.2, 0.25) is 10.3 Å². The number of nitrogens with zero attached hydrogens (tertiary/aromatic N) is 8. The van der Waals surface area contributed by atoms with Gasteiger partial charge in [0, 0.05) is 13.1 Å². The van der Waals surface area contributed by atoms with E-state index in [4.69, 9.17) is 23.2 Å². The highest BCUT2D eigenvalue weighted by molar-refractivity contribution is 6.33. The second kappa shape index (κ2) is 8.79. The van der Waals surface area contributed by atoms with Gasteiger partial charge in [0.15, 0.2) is 21.6 Å². The Bertz CT molecular complexity index is 988. The van der Waals surface area contributed by atoms with Crippen molar-refractivity contribution in [2.45, 2.75) is 51.6 Å². The minimum atomic E-state index is 0.406. The Labute approximate surface area is 172 Å². The van der Waals surface area contributed by atoms with E-state index in [2.05, 4.69) is 29.9 Å². The van der Waals surface area contributed by atoms with Crippen LogP contribution in [0, 0.1) is 0 Å². The first kappa shape index (κ1) is 19.0. The van der Waals surface area contributed by atoms with Crippen LogP contribution in [0.15, 0.2) is 25.3 Å². The molecule has 0 unspecified atom stereocenters. The summed E-state index contributed by atoms with van der Waals surface area (Å²) in [6, 6.07) is 0. The minimum Gasteiger partial charge on any atom is -0.315 e. The number of hydrogen-bond donors (Lipinski definition) is 0. The van der Waals surface area contributed by atoms with Crippen molar-refractivity contribution in [3.63, 3.8) is 0 Å².